The van der Waals surface area contributed by atoms with Crippen LogP contribution in [0.1, 0.15) is 37.0 Å². The average molecular weight is 435 g/mol. The zero-order valence-electron chi connectivity index (χ0n) is 13.0. The lowest BCUT2D eigenvalue weighted by atomic mass is 10.1. The number of hydrogen-bond donors (Lipinski definition) is 2. The summed E-state index contributed by atoms with van der Waals surface area (Å²) in [5.41, 5.74) is 1.34. The summed E-state index contributed by atoms with van der Waals surface area (Å²) in [5, 5.41) is 14.6. The number of thiophene rings is 1. The standard InChI is InChI=1S/C14H21N5OS.HI/c1-4-15-14(17-8-13-18-11(3)19-20-13)16-7-10(2)12-5-6-21-9-12;/h5-6,9-10H,4,7-8H2,1-3H3,(H2,15,16,17);1H. The van der Waals surface area contributed by atoms with Gasteiger partial charge < -0.3 is 15.2 Å². The van der Waals surface area contributed by atoms with Gasteiger partial charge in [-0.1, -0.05) is 12.1 Å². The van der Waals surface area contributed by atoms with Gasteiger partial charge in [-0.05, 0) is 42.2 Å². The van der Waals surface area contributed by atoms with Crippen molar-refractivity contribution in [2.24, 2.45) is 4.99 Å². The number of hydrogen-bond acceptors (Lipinski definition) is 5. The van der Waals surface area contributed by atoms with Gasteiger partial charge in [0.2, 0.25) is 5.89 Å². The van der Waals surface area contributed by atoms with Crippen LogP contribution in [-0.4, -0.2) is 29.2 Å². The molecule has 1 unspecified atom stereocenters. The van der Waals surface area contributed by atoms with E-state index >= 15 is 0 Å². The zero-order valence-corrected chi connectivity index (χ0v) is 16.1. The van der Waals surface area contributed by atoms with Crippen LogP contribution in [0.2, 0.25) is 0 Å². The average Bonchev–Trinajstić information content (AvgIpc) is 3.13. The fourth-order valence-electron chi connectivity index (χ4n) is 1.82. The van der Waals surface area contributed by atoms with Crippen LogP contribution in [0.25, 0.3) is 0 Å². The summed E-state index contributed by atoms with van der Waals surface area (Å²) < 4.78 is 5.05. The third kappa shape index (κ3) is 5.91. The Labute approximate surface area is 151 Å². The molecule has 0 amide bonds. The fourth-order valence-corrected chi connectivity index (χ4v) is 2.60. The third-order valence-corrected chi connectivity index (χ3v) is 3.68. The summed E-state index contributed by atoms with van der Waals surface area (Å²) in [5.74, 6) is 2.35. The molecule has 0 fully saturated rings. The van der Waals surface area contributed by atoms with E-state index < -0.39 is 0 Å². The fraction of sp³-hybridized carbons (Fsp3) is 0.500. The highest BCUT2D eigenvalue weighted by atomic mass is 127. The van der Waals surface area contributed by atoms with Gasteiger partial charge in [-0.15, -0.1) is 24.0 Å². The molecule has 0 spiro atoms. The predicted octanol–water partition coefficient (Wildman–Crippen LogP) is 2.92. The molecule has 2 aromatic rings. The van der Waals surface area contributed by atoms with Gasteiger partial charge >= 0.3 is 0 Å². The Hall–Kier alpha value is -1.16. The highest BCUT2D eigenvalue weighted by Crippen LogP contribution is 2.16. The van der Waals surface area contributed by atoms with E-state index in [4.69, 9.17) is 4.52 Å². The Morgan fingerprint density at radius 2 is 2.27 bits per heavy atom. The quantitative estimate of drug-likeness (QED) is 0.415. The van der Waals surface area contributed by atoms with Crippen LogP contribution in [0.3, 0.4) is 0 Å². The van der Waals surface area contributed by atoms with Crippen LogP contribution >= 0.6 is 35.3 Å². The number of guanidine groups is 1. The molecule has 122 valence electrons. The van der Waals surface area contributed by atoms with E-state index in [0.717, 1.165) is 19.0 Å². The SMILES string of the molecule is CCNC(=NCc1nc(C)no1)NCC(C)c1ccsc1.I. The minimum atomic E-state index is 0. The maximum absolute atomic E-state index is 5.05. The summed E-state index contributed by atoms with van der Waals surface area (Å²) >= 11 is 1.72. The van der Waals surface area contributed by atoms with Crippen molar-refractivity contribution in [1.29, 1.82) is 0 Å². The van der Waals surface area contributed by atoms with E-state index in [1.165, 1.54) is 5.56 Å². The lowest BCUT2D eigenvalue weighted by molar-refractivity contribution is 0.376. The normalized spacial score (nSPS) is 12.6. The molecular formula is C14H22IN5OS. The molecule has 0 aromatic carbocycles. The summed E-state index contributed by atoms with van der Waals surface area (Å²) in [6, 6.07) is 2.16. The maximum Gasteiger partial charge on any atom is 0.248 e. The molecule has 1 atom stereocenters. The molecule has 8 heteroatoms. The Kier molecular flexibility index (Phi) is 8.39. The highest BCUT2D eigenvalue weighted by molar-refractivity contribution is 14.0. The number of aromatic nitrogens is 2. The first-order valence-corrected chi connectivity index (χ1v) is 7.96. The molecule has 0 saturated carbocycles. The Balaban J connectivity index is 0.00000242. The van der Waals surface area contributed by atoms with Crippen molar-refractivity contribution in [3.05, 3.63) is 34.1 Å². The van der Waals surface area contributed by atoms with Gasteiger partial charge in [-0.25, -0.2) is 4.99 Å². The van der Waals surface area contributed by atoms with Gasteiger partial charge in [0.05, 0.1) is 0 Å². The minimum Gasteiger partial charge on any atom is -0.357 e. The van der Waals surface area contributed by atoms with E-state index in [9.17, 15) is 0 Å². The minimum absolute atomic E-state index is 0. The lowest BCUT2D eigenvalue weighted by Crippen LogP contribution is -2.39. The molecule has 2 heterocycles. The van der Waals surface area contributed by atoms with Gasteiger partial charge in [0.25, 0.3) is 0 Å². The second kappa shape index (κ2) is 9.78. The second-order valence-corrected chi connectivity index (χ2v) is 5.55. The molecule has 0 radical (unpaired) electrons. The van der Waals surface area contributed by atoms with Crippen molar-refractivity contribution >= 4 is 41.3 Å². The lowest BCUT2D eigenvalue weighted by Gasteiger charge is -2.14. The molecule has 2 aromatic heterocycles. The molecule has 6 nitrogen and oxygen atoms in total. The molecule has 0 aliphatic rings. The van der Waals surface area contributed by atoms with Crippen molar-refractivity contribution in [1.82, 2.24) is 20.8 Å². The van der Waals surface area contributed by atoms with E-state index in [-0.39, 0.29) is 24.0 Å². The third-order valence-electron chi connectivity index (χ3n) is 2.97. The van der Waals surface area contributed by atoms with Crippen LogP contribution < -0.4 is 10.6 Å². The van der Waals surface area contributed by atoms with E-state index in [0.29, 0.717) is 24.2 Å². The van der Waals surface area contributed by atoms with Gasteiger partial charge in [0.15, 0.2) is 11.8 Å². The Morgan fingerprint density at radius 3 is 2.86 bits per heavy atom. The van der Waals surface area contributed by atoms with Crippen molar-refractivity contribution in [2.75, 3.05) is 13.1 Å². The van der Waals surface area contributed by atoms with Crippen molar-refractivity contribution in [3.8, 4) is 0 Å². The second-order valence-electron chi connectivity index (χ2n) is 4.77. The smallest absolute Gasteiger partial charge is 0.248 e. The van der Waals surface area contributed by atoms with Crippen molar-refractivity contribution in [2.45, 2.75) is 33.2 Å². The molecule has 2 N–H and O–H groups in total. The summed E-state index contributed by atoms with van der Waals surface area (Å²) in [4.78, 5) is 8.59. The van der Waals surface area contributed by atoms with E-state index in [2.05, 4.69) is 49.5 Å². The Bertz CT molecular complexity index is 570. The summed E-state index contributed by atoms with van der Waals surface area (Å²) in [7, 11) is 0. The molecule has 22 heavy (non-hydrogen) atoms. The number of nitrogens with one attached hydrogen (secondary N) is 2. The van der Waals surface area contributed by atoms with E-state index in [1.807, 2.05) is 6.92 Å². The topological polar surface area (TPSA) is 75.3 Å². The first-order chi connectivity index (χ1) is 10.2. The van der Waals surface area contributed by atoms with Crippen LogP contribution in [0, 0.1) is 6.92 Å². The van der Waals surface area contributed by atoms with E-state index in [1.54, 1.807) is 18.3 Å². The molecule has 0 saturated heterocycles. The number of aliphatic imine (C=N–C) groups is 1. The molecule has 0 bridgehead atoms. The predicted molar refractivity (Wildman–Crippen MR) is 100 cm³/mol. The first kappa shape index (κ1) is 18.9. The van der Waals surface area contributed by atoms with Crippen LogP contribution in [0.4, 0.5) is 0 Å². The van der Waals surface area contributed by atoms with Gasteiger partial charge in [0.1, 0.15) is 6.54 Å². The van der Waals surface area contributed by atoms with Crippen molar-refractivity contribution < 1.29 is 4.52 Å². The molecular weight excluding hydrogens is 413 g/mol. The van der Waals surface area contributed by atoms with Gasteiger partial charge in [-0.3, -0.25) is 0 Å². The number of halogens is 1. The number of nitrogens with zero attached hydrogens (tertiary/aromatic N) is 3. The largest absolute Gasteiger partial charge is 0.357 e. The van der Waals surface area contributed by atoms with Crippen LogP contribution in [0.15, 0.2) is 26.3 Å². The monoisotopic (exact) mass is 435 g/mol. The molecule has 0 aliphatic heterocycles. The van der Waals surface area contributed by atoms with Gasteiger partial charge in [0, 0.05) is 13.1 Å². The molecule has 2 rings (SSSR count). The molecule has 0 aliphatic carbocycles. The highest BCUT2D eigenvalue weighted by Gasteiger charge is 2.07. The summed E-state index contributed by atoms with van der Waals surface area (Å²) in [6.07, 6.45) is 0. The number of aryl methyl sites for hydroxylation is 1. The van der Waals surface area contributed by atoms with Crippen LogP contribution in [-0.2, 0) is 6.54 Å². The maximum atomic E-state index is 5.05. The first-order valence-electron chi connectivity index (χ1n) is 7.02. The zero-order chi connectivity index (χ0) is 15.1. The van der Waals surface area contributed by atoms with Gasteiger partial charge in [-0.2, -0.15) is 16.3 Å². The van der Waals surface area contributed by atoms with Crippen LogP contribution in [0.5, 0.6) is 0 Å². The Morgan fingerprint density at radius 1 is 1.45 bits per heavy atom. The number of rotatable bonds is 6. The summed E-state index contributed by atoms with van der Waals surface area (Å²) in [6.45, 7) is 8.04. The van der Waals surface area contributed by atoms with Crippen molar-refractivity contribution in [3.63, 3.8) is 0 Å².